The third-order valence-corrected chi connectivity index (χ3v) is 7.63. The van der Waals surface area contributed by atoms with Gasteiger partial charge in [0.25, 0.3) is 5.91 Å². The molecule has 2 saturated heterocycles. The van der Waals surface area contributed by atoms with E-state index in [4.69, 9.17) is 0 Å². The molecule has 0 spiro atoms. The highest BCUT2D eigenvalue weighted by Crippen LogP contribution is 2.32. The van der Waals surface area contributed by atoms with Crippen LogP contribution in [0.15, 0.2) is 61.1 Å². The zero-order chi connectivity index (χ0) is 25.2. The van der Waals surface area contributed by atoms with Crippen LogP contribution in [-0.4, -0.2) is 74.9 Å². The summed E-state index contributed by atoms with van der Waals surface area (Å²) in [5.74, 6) is -0.520. The molecule has 0 aliphatic carbocycles. The van der Waals surface area contributed by atoms with Gasteiger partial charge in [-0.1, -0.05) is 36.4 Å². The molecule has 36 heavy (non-hydrogen) atoms. The Labute approximate surface area is 210 Å². The maximum atomic E-state index is 15.2. The van der Waals surface area contributed by atoms with Gasteiger partial charge in [-0.3, -0.25) is 9.69 Å². The maximum absolute atomic E-state index is 15.2. The normalized spacial score (nSPS) is 22.5. The average molecular weight is 495 g/mol. The number of amides is 1. The number of aliphatic hydroxyl groups excluding tert-OH is 1. The number of alkyl halides is 1. The maximum Gasteiger partial charge on any atom is 0.272 e. The van der Waals surface area contributed by atoms with Gasteiger partial charge in [-0.05, 0) is 55.0 Å². The summed E-state index contributed by atoms with van der Waals surface area (Å²) in [6, 6.07) is 13.8. The van der Waals surface area contributed by atoms with Crippen LogP contribution in [0.3, 0.4) is 0 Å². The van der Waals surface area contributed by atoms with Crippen molar-refractivity contribution in [2.24, 2.45) is 0 Å². The van der Waals surface area contributed by atoms with Gasteiger partial charge < -0.3 is 14.6 Å². The van der Waals surface area contributed by atoms with Crippen LogP contribution in [0.5, 0.6) is 0 Å². The van der Waals surface area contributed by atoms with Crippen molar-refractivity contribution in [2.75, 3.05) is 26.2 Å². The summed E-state index contributed by atoms with van der Waals surface area (Å²) in [5, 5.41) is 9.76. The van der Waals surface area contributed by atoms with Crippen LogP contribution >= 0.6 is 0 Å². The summed E-state index contributed by atoms with van der Waals surface area (Å²) >= 11 is 0. The van der Waals surface area contributed by atoms with Crippen LogP contribution in [0.25, 0.3) is 11.1 Å². The Balaban J connectivity index is 1.33. The van der Waals surface area contributed by atoms with Crippen molar-refractivity contribution >= 4 is 5.91 Å². The number of hydrogen-bond donors (Lipinski definition) is 1. The SMILES string of the molecule is CC(c1ccccc1-c1ccc(F)cc1)n1cncc1C(=O)N1CCC(N2CCC(O)CC2)C(F)C1. The molecule has 0 bridgehead atoms. The third kappa shape index (κ3) is 4.92. The summed E-state index contributed by atoms with van der Waals surface area (Å²) in [6.07, 6.45) is 3.66. The summed E-state index contributed by atoms with van der Waals surface area (Å²) in [7, 11) is 0. The number of rotatable bonds is 5. The van der Waals surface area contributed by atoms with E-state index < -0.39 is 6.17 Å². The van der Waals surface area contributed by atoms with Crippen molar-refractivity contribution in [1.29, 1.82) is 0 Å². The number of nitrogens with zero attached hydrogens (tertiary/aromatic N) is 4. The smallest absolute Gasteiger partial charge is 0.272 e. The Morgan fingerprint density at radius 2 is 1.78 bits per heavy atom. The van der Waals surface area contributed by atoms with Crippen LogP contribution in [0.2, 0.25) is 0 Å². The van der Waals surface area contributed by atoms with Gasteiger partial charge in [-0.25, -0.2) is 13.8 Å². The zero-order valence-electron chi connectivity index (χ0n) is 20.4. The summed E-state index contributed by atoms with van der Waals surface area (Å²) in [4.78, 5) is 21.5. The van der Waals surface area contributed by atoms with Gasteiger partial charge in [0.15, 0.2) is 0 Å². The average Bonchev–Trinajstić information content (AvgIpc) is 3.39. The molecule has 2 aliphatic heterocycles. The number of halogens is 2. The fourth-order valence-corrected chi connectivity index (χ4v) is 5.55. The first-order valence-corrected chi connectivity index (χ1v) is 12.6. The monoisotopic (exact) mass is 494 g/mol. The van der Waals surface area contributed by atoms with E-state index in [1.807, 2.05) is 35.8 Å². The van der Waals surface area contributed by atoms with Crippen molar-refractivity contribution in [3.05, 3.63) is 78.1 Å². The van der Waals surface area contributed by atoms with Crippen LogP contribution in [0.4, 0.5) is 8.78 Å². The number of benzene rings is 2. The highest BCUT2D eigenvalue weighted by atomic mass is 19.1. The van der Waals surface area contributed by atoms with Gasteiger partial charge in [0, 0.05) is 25.7 Å². The van der Waals surface area contributed by atoms with Crippen LogP contribution in [0, 0.1) is 5.82 Å². The zero-order valence-corrected chi connectivity index (χ0v) is 20.4. The fraction of sp³-hybridized carbons (Fsp3) is 0.429. The van der Waals surface area contributed by atoms with E-state index in [-0.39, 0.29) is 36.5 Å². The van der Waals surface area contributed by atoms with Gasteiger partial charge in [0.1, 0.15) is 17.7 Å². The molecule has 190 valence electrons. The molecule has 6 nitrogen and oxygen atoms in total. The molecule has 0 saturated carbocycles. The van der Waals surface area contributed by atoms with Crippen molar-refractivity contribution in [1.82, 2.24) is 19.4 Å². The quantitative estimate of drug-likeness (QED) is 0.574. The van der Waals surface area contributed by atoms with E-state index in [0.29, 0.717) is 44.6 Å². The molecule has 1 N–H and O–H groups in total. The molecule has 3 unspecified atom stereocenters. The van der Waals surface area contributed by atoms with Gasteiger partial charge in [0.05, 0.1) is 31.2 Å². The van der Waals surface area contributed by atoms with Crippen molar-refractivity contribution in [3.63, 3.8) is 0 Å². The molecule has 2 aliphatic rings. The van der Waals surface area contributed by atoms with E-state index in [1.165, 1.54) is 12.1 Å². The molecule has 2 fully saturated rings. The minimum atomic E-state index is -1.13. The number of piperidine rings is 2. The largest absolute Gasteiger partial charge is 0.393 e. The first-order chi connectivity index (χ1) is 17.4. The lowest BCUT2D eigenvalue weighted by Crippen LogP contribution is -2.55. The first kappa shape index (κ1) is 24.6. The van der Waals surface area contributed by atoms with E-state index in [1.54, 1.807) is 29.6 Å². The van der Waals surface area contributed by atoms with Gasteiger partial charge >= 0.3 is 0 Å². The summed E-state index contributed by atoms with van der Waals surface area (Å²) < 4.78 is 30.5. The minimum absolute atomic E-state index is 0.0499. The second kappa shape index (κ2) is 10.5. The lowest BCUT2D eigenvalue weighted by Gasteiger charge is -2.42. The third-order valence-electron chi connectivity index (χ3n) is 7.63. The molecule has 2 aromatic carbocycles. The lowest BCUT2D eigenvalue weighted by molar-refractivity contribution is 0.000849. The Hall–Kier alpha value is -3.10. The van der Waals surface area contributed by atoms with Crippen molar-refractivity contribution < 1.29 is 18.7 Å². The molecule has 3 aromatic rings. The van der Waals surface area contributed by atoms with Crippen LogP contribution in [-0.2, 0) is 0 Å². The minimum Gasteiger partial charge on any atom is -0.393 e. The highest BCUT2D eigenvalue weighted by molar-refractivity contribution is 5.92. The second-order valence-electron chi connectivity index (χ2n) is 9.85. The predicted octanol–water partition coefficient (Wildman–Crippen LogP) is 4.31. The number of aromatic nitrogens is 2. The molecule has 1 aromatic heterocycles. The Bertz CT molecular complexity index is 1190. The number of carbonyl (C=O) groups excluding carboxylic acids is 1. The topological polar surface area (TPSA) is 61.6 Å². The summed E-state index contributed by atoms with van der Waals surface area (Å²) in [5.41, 5.74) is 3.24. The second-order valence-corrected chi connectivity index (χ2v) is 9.85. The molecule has 8 heteroatoms. The van der Waals surface area contributed by atoms with E-state index in [0.717, 1.165) is 16.7 Å². The molecule has 0 radical (unpaired) electrons. The Kier molecular flexibility index (Phi) is 7.16. The fourth-order valence-electron chi connectivity index (χ4n) is 5.55. The van der Waals surface area contributed by atoms with Gasteiger partial charge in [-0.15, -0.1) is 0 Å². The lowest BCUT2D eigenvalue weighted by atomic mass is 9.95. The Morgan fingerprint density at radius 1 is 1.06 bits per heavy atom. The molecular weight excluding hydrogens is 462 g/mol. The molecule has 3 heterocycles. The van der Waals surface area contributed by atoms with Gasteiger partial charge in [-0.2, -0.15) is 0 Å². The van der Waals surface area contributed by atoms with E-state index in [9.17, 15) is 14.3 Å². The van der Waals surface area contributed by atoms with Crippen LogP contribution < -0.4 is 0 Å². The van der Waals surface area contributed by atoms with Crippen molar-refractivity contribution in [3.8, 4) is 11.1 Å². The first-order valence-electron chi connectivity index (χ1n) is 12.6. The van der Waals surface area contributed by atoms with Crippen molar-refractivity contribution in [2.45, 2.75) is 50.5 Å². The molecule has 1 amide bonds. The summed E-state index contributed by atoms with van der Waals surface area (Å²) in [6.45, 7) is 3.91. The number of hydrogen-bond acceptors (Lipinski definition) is 4. The number of likely N-dealkylation sites (tertiary alicyclic amines) is 2. The molecule has 5 rings (SSSR count). The van der Waals surface area contributed by atoms with Gasteiger partial charge in [0.2, 0.25) is 0 Å². The van der Waals surface area contributed by atoms with E-state index in [2.05, 4.69) is 9.88 Å². The number of imidazole rings is 1. The standard InChI is InChI=1S/C28H32F2N4O2/c1-19(23-4-2-3-5-24(23)20-6-8-21(29)9-7-20)34-18-31-16-27(34)28(36)33-15-12-26(25(30)17-33)32-13-10-22(35)11-14-32/h2-9,16,18-19,22,25-26,35H,10-15,17H2,1H3. The number of aliphatic hydroxyl groups is 1. The predicted molar refractivity (Wildman–Crippen MR) is 134 cm³/mol. The molecule has 3 atom stereocenters. The van der Waals surface area contributed by atoms with Crippen LogP contribution in [0.1, 0.15) is 48.3 Å². The number of carbonyl (C=O) groups is 1. The highest BCUT2D eigenvalue weighted by Gasteiger charge is 2.37. The Morgan fingerprint density at radius 3 is 2.50 bits per heavy atom. The molecular formula is C28H32F2N4O2. The van der Waals surface area contributed by atoms with E-state index >= 15 is 4.39 Å².